The molecular weight excluding hydrogens is 263 g/mol. The lowest BCUT2D eigenvalue weighted by Crippen LogP contribution is -2.29. The fraction of sp³-hybridized carbons (Fsp3) is 0.250. The lowest BCUT2D eigenvalue weighted by atomic mass is 9.72. The van der Waals surface area contributed by atoms with Gasteiger partial charge in [0.1, 0.15) is 0 Å². The lowest BCUT2D eigenvalue weighted by molar-refractivity contribution is -0.138. The zero-order valence-corrected chi connectivity index (χ0v) is 11.2. The Hall–Kier alpha value is -1.97. The van der Waals surface area contributed by atoms with E-state index in [4.69, 9.17) is 0 Å². The first-order chi connectivity index (χ1) is 9.32. The number of halogens is 3. The van der Waals surface area contributed by atoms with Crippen LogP contribution < -0.4 is 5.32 Å². The third-order valence-electron chi connectivity index (χ3n) is 3.86. The Morgan fingerprint density at radius 1 is 0.900 bits per heavy atom. The minimum Gasteiger partial charge on any atom is -0.355 e. The molecule has 3 rings (SSSR count). The molecule has 104 valence electrons. The number of benzene rings is 2. The Kier molecular flexibility index (Phi) is 2.61. The maximum Gasteiger partial charge on any atom is 0.416 e. The SMILES string of the molecule is CC1(C)c2ccccc2Nc2cccc(C(F)(F)F)c21. The van der Waals surface area contributed by atoms with E-state index in [1.54, 1.807) is 6.07 Å². The van der Waals surface area contributed by atoms with Crippen molar-refractivity contribution >= 4 is 11.4 Å². The van der Waals surface area contributed by atoms with Crippen LogP contribution in [0.2, 0.25) is 0 Å². The van der Waals surface area contributed by atoms with Crippen molar-refractivity contribution in [2.24, 2.45) is 0 Å². The van der Waals surface area contributed by atoms with Crippen LogP contribution in [0, 0.1) is 0 Å². The first kappa shape index (κ1) is 13.0. The molecule has 0 atom stereocenters. The van der Waals surface area contributed by atoms with E-state index in [1.165, 1.54) is 6.07 Å². The molecule has 2 aromatic rings. The highest BCUT2D eigenvalue weighted by molar-refractivity contribution is 5.76. The topological polar surface area (TPSA) is 12.0 Å². The highest BCUT2D eigenvalue weighted by Gasteiger charge is 2.42. The van der Waals surface area contributed by atoms with Gasteiger partial charge in [0.15, 0.2) is 0 Å². The fourth-order valence-corrected chi connectivity index (χ4v) is 2.98. The van der Waals surface area contributed by atoms with Gasteiger partial charge in [-0.05, 0) is 29.3 Å². The van der Waals surface area contributed by atoms with Gasteiger partial charge in [0.2, 0.25) is 0 Å². The van der Waals surface area contributed by atoms with Gasteiger partial charge in [-0.15, -0.1) is 0 Å². The van der Waals surface area contributed by atoms with Crippen molar-refractivity contribution in [1.29, 1.82) is 0 Å². The Morgan fingerprint density at radius 3 is 2.25 bits per heavy atom. The first-order valence-corrected chi connectivity index (χ1v) is 6.39. The van der Waals surface area contributed by atoms with Crippen LogP contribution in [0.15, 0.2) is 42.5 Å². The second kappa shape index (κ2) is 4.01. The molecule has 20 heavy (non-hydrogen) atoms. The smallest absolute Gasteiger partial charge is 0.355 e. The molecule has 1 aliphatic rings. The van der Waals surface area contributed by atoms with E-state index < -0.39 is 17.2 Å². The largest absolute Gasteiger partial charge is 0.416 e. The average Bonchev–Trinajstić information content (AvgIpc) is 2.37. The summed E-state index contributed by atoms with van der Waals surface area (Å²) in [7, 11) is 0. The molecule has 1 N–H and O–H groups in total. The summed E-state index contributed by atoms with van der Waals surface area (Å²) in [5.74, 6) is 0. The molecule has 0 saturated heterocycles. The van der Waals surface area contributed by atoms with Gasteiger partial charge in [-0.3, -0.25) is 0 Å². The molecule has 0 aliphatic carbocycles. The lowest BCUT2D eigenvalue weighted by Gasteiger charge is -2.37. The third kappa shape index (κ3) is 1.79. The van der Waals surface area contributed by atoms with Crippen LogP contribution in [0.1, 0.15) is 30.5 Å². The second-order valence-electron chi connectivity index (χ2n) is 5.52. The van der Waals surface area contributed by atoms with Crippen molar-refractivity contribution in [2.45, 2.75) is 25.4 Å². The summed E-state index contributed by atoms with van der Waals surface area (Å²) in [5.41, 5.74) is 1.33. The Labute approximate surface area is 115 Å². The summed E-state index contributed by atoms with van der Waals surface area (Å²) >= 11 is 0. The molecular formula is C16H14F3N. The standard InChI is InChI=1S/C16H14F3N/c1-15(2)10-6-3-4-8-12(10)20-13-9-5-7-11(14(13)15)16(17,18)19/h3-9,20H,1-2H3. The van der Waals surface area contributed by atoms with E-state index in [9.17, 15) is 13.2 Å². The van der Waals surface area contributed by atoms with Crippen molar-refractivity contribution < 1.29 is 13.2 Å². The maximum atomic E-state index is 13.3. The van der Waals surface area contributed by atoms with Gasteiger partial charge in [0.25, 0.3) is 0 Å². The highest BCUT2D eigenvalue weighted by atomic mass is 19.4. The van der Waals surface area contributed by atoms with Gasteiger partial charge in [0, 0.05) is 16.8 Å². The van der Waals surface area contributed by atoms with Crippen LogP contribution in [0.3, 0.4) is 0 Å². The molecule has 0 radical (unpaired) electrons. The van der Waals surface area contributed by atoms with Gasteiger partial charge in [-0.2, -0.15) is 13.2 Å². The average molecular weight is 277 g/mol. The molecule has 0 saturated carbocycles. The van der Waals surface area contributed by atoms with E-state index in [2.05, 4.69) is 5.32 Å². The van der Waals surface area contributed by atoms with Crippen LogP contribution in [0.25, 0.3) is 0 Å². The van der Waals surface area contributed by atoms with E-state index >= 15 is 0 Å². The molecule has 1 aliphatic heterocycles. The van der Waals surface area contributed by atoms with Gasteiger partial charge < -0.3 is 5.32 Å². The van der Waals surface area contributed by atoms with Crippen molar-refractivity contribution in [3.05, 3.63) is 59.2 Å². The zero-order chi connectivity index (χ0) is 14.5. The Morgan fingerprint density at radius 2 is 1.55 bits per heavy atom. The fourth-order valence-electron chi connectivity index (χ4n) is 2.98. The van der Waals surface area contributed by atoms with E-state index in [1.807, 2.05) is 38.1 Å². The summed E-state index contributed by atoms with van der Waals surface area (Å²) in [6.07, 6.45) is -4.35. The van der Waals surface area contributed by atoms with Crippen LogP contribution in [-0.4, -0.2) is 0 Å². The van der Waals surface area contributed by atoms with Gasteiger partial charge in [-0.25, -0.2) is 0 Å². The zero-order valence-electron chi connectivity index (χ0n) is 11.2. The summed E-state index contributed by atoms with van der Waals surface area (Å²) in [5, 5.41) is 3.11. The maximum absolute atomic E-state index is 13.3. The highest BCUT2D eigenvalue weighted by Crippen LogP contribution is 2.49. The van der Waals surface area contributed by atoms with Gasteiger partial charge in [-0.1, -0.05) is 38.1 Å². The van der Waals surface area contributed by atoms with Crippen molar-refractivity contribution in [3.63, 3.8) is 0 Å². The van der Waals surface area contributed by atoms with E-state index in [0.717, 1.165) is 17.3 Å². The molecule has 1 heterocycles. The van der Waals surface area contributed by atoms with Crippen LogP contribution in [0.5, 0.6) is 0 Å². The predicted molar refractivity (Wildman–Crippen MR) is 73.3 cm³/mol. The van der Waals surface area contributed by atoms with Crippen molar-refractivity contribution in [1.82, 2.24) is 0 Å². The minimum atomic E-state index is -4.35. The summed E-state index contributed by atoms with van der Waals surface area (Å²) in [6.45, 7) is 3.67. The summed E-state index contributed by atoms with van der Waals surface area (Å²) in [6, 6.07) is 11.8. The monoisotopic (exact) mass is 277 g/mol. The van der Waals surface area contributed by atoms with Gasteiger partial charge in [0.05, 0.1) is 5.56 Å². The molecule has 0 unspecified atom stereocenters. The summed E-state index contributed by atoms with van der Waals surface area (Å²) in [4.78, 5) is 0. The van der Waals surface area contributed by atoms with E-state index in [0.29, 0.717) is 11.3 Å². The number of fused-ring (bicyclic) bond motifs is 2. The Balaban J connectivity index is 2.31. The quantitative estimate of drug-likeness (QED) is 0.707. The Bertz CT molecular complexity index is 672. The van der Waals surface area contributed by atoms with Crippen molar-refractivity contribution in [3.8, 4) is 0 Å². The minimum absolute atomic E-state index is 0.311. The molecule has 0 spiro atoms. The first-order valence-electron chi connectivity index (χ1n) is 6.39. The summed E-state index contributed by atoms with van der Waals surface area (Å²) < 4.78 is 39.8. The molecule has 4 heteroatoms. The molecule has 1 nitrogen and oxygen atoms in total. The van der Waals surface area contributed by atoms with Crippen molar-refractivity contribution in [2.75, 3.05) is 5.32 Å². The number of hydrogen-bond donors (Lipinski definition) is 1. The third-order valence-corrected chi connectivity index (χ3v) is 3.86. The number of anilines is 2. The number of para-hydroxylation sites is 1. The molecule has 0 aromatic heterocycles. The number of rotatable bonds is 0. The van der Waals surface area contributed by atoms with Crippen LogP contribution in [-0.2, 0) is 11.6 Å². The molecule has 0 bridgehead atoms. The normalized spacial score (nSPS) is 16.1. The molecule has 0 fully saturated rings. The number of hydrogen-bond acceptors (Lipinski definition) is 1. The second-order valence-corrected chi connectivity index (χ2v) is 5.52. The molecule has 2 aromatic carbocycles. The molecule has 0 amide bonds. The number of alkyl halides is 3. The van der Waals surface area contributed by atoms with Crippen LogP contribution >= 0.6 is 0 Å². The van der Waals surface area contributed by atoms with Gasteiger partial charge >= 0.3 is 6.18 Å². The van der Waals surface area contributed by atoms with Crippen LogP contribution in [0.4, 0.5) is 24.5 Å². The predicted octanol–water partition coefficient (Wildman–Crippen LogP) is 5.09. The van der Waals surface area contributed by atoms with E-state index in [-0.39, 0.29) is 0 Å². The number of nitrogens with one attached hydrogen (secondary N) is 1.